The first-order chi connectivity index (χ1) is 13.7. The van der Waals surface area contributed by atoms with Crippen LogP contribution in [-0.2, 0) is 0 Å². The van der Waals surface area contributed by atoms with Crippen molar-refractivity contribution in [3.05, 3.63) is 30.0 Å². The van der Waals surface area contributed by atoms with Gasteiger partial charge < -0.3 is 20.0 Å². The Labute approximate surface area is 168 Å². The second-order valence-electron chi connectivity index (χ2n) is 7.96. The molecule has 0 unspecified atom stereocenters. The summed E-state index contributed by atoms with van der Waals surface area (Å²) in [5.41, 5.74) is 3.01. The van der Waals surface area contributed by atoms with Crippen LogP contribution in [0.15, 0.2) is 28.9 Å². The van der Waals surface area contributed by atoms with E-state index in [9.17, 15) is 4.79 Å². The van der Waals surface area contributed by atoms with Crippen LogP contribution in [0, 0.1) is 0 Å². The van der Waals surface area contributed by atoms with Gasteiger partial charge in [0, 0.05) is 23.2 Å². The van der Waals surface area contributed by atoms with Crippen molar-refractivity contribution in [2.45, 2.75) is 64.7 Å². The molecule has 0 radical (unpaired) electrons. The Kier molecular flexibility index (Phi) is 7.78. The second-order valence-corrected chi connectivity index (χ2v) is 7.96. The average molecular weight is 386 g/mol. The number of carbonyl (C=O) groups excluding carboxylic acids is 1. The maximum Gasteiger partial charge on any atom is 0.319 e. The number of fused-ring (bicyclic) bond motifs is 1. The number of furan rings is 1. The smallest absolute Gasteiger partial charge is 0.319 e. The van der Waals surface area contributed by atoms with Crippen LogP contribution in [0.4, 0.5) is 10.5 Å². The fourth-order valence-electron chi connectivity index (χ4n) is 4.16. The molecule has 1 aromatic heterocycles. The molecule has 3 rings (SSSR count). The van der Waals surface area contributed by atoms with Gasteiger partial charge in [0.1, 0.15) is 5.58 Å². The molecule has 2 aromatic rings. The van der Waals surface area contributed by atoms with Gasteiger partial charge in [0.15, 0.2) is 0 Å². The number of likely N-dealkylation sites (tertiary alicyclic amines) is 1. The maximum absolute atomic E-state index is 12.2. The summed E-state index contributed by atoms with van der Waals surface area (Å²) in [6.07, 6.45) is 10.1. The highest BCUT2D eigenvalue weighted by Gasteiger charge is 2.23. The summed E-state index contributed by atoms with van der Waals surface area (Å²) in [4.78, 5) is 14.7. The van der Waals surface area contributed by atoms with E-state index in [1.54, 1.807) is 0 Å². The summed E-state index contributed by atoms with van der Waals surface area (Å²) in [6, 6.07) is 5.80. The minimum absolute atomic E-state index is 0.131. The van der Waals surface area contributed by atoms with Crippen molar-refractivity contribution in [1.82, 2.24) is 10.2 Å². The Morgan fingerprint density at radius 2 is 1.96 bits per heavy atom. The number of anilines is 1. The van der Waals surface area contributed by atoms with Gasteiger partial charge in [-0.1, -0.05) is 33.1 Å². The van der Waals surface area contributed by atoms with E-state index in [0.29, 0.717) is 5.92 Å². The van der Waals surface area contributed by atoms with Crippen LogP contribution >= 0.6 is 0 Å². The number of hydrogen-bond donors (Lipinski definition) is 2. The van der Waals surface area contributed by atoms with Crippen LogP contribution < -0.4 is 10.6 Å². The van der Waals surface area contributed by atoms with Gasteiger partial charge >= 0.3 is 6.03 Å². The number of piperidine rings is 1. The molecule has 0 bridgehead atoms. The molecule has 5 nitrogen and oxygen atoms in total. The molecular formula is C23H35N3O2. The highest BCUT2D eigenvalue weighted by Crippen LogP contribution is 2.35. The van der Waals surface area contributed by atoms with E-state index >= 15 is 0 Å². The van der Waals surface area contributed by atoms with Crippen molar-refractivity contribution in [1.29, 1.82) is 0 Å². The van der Waals surface area contributed by atoms with Gasteiger partial charge in [0.2, 0.25) is 0 Å². The largest absolute Gasteiger partial charge is 0.464 e. The summed E-state index contributed by atoms with van der Waals surface area (Å²) in [5.74, 6) is 0.539. The zero-order chi connectivity index (χ0) is 19.8. The number of carbonyl (C=O) groups is 1. The Hall–Kier alpha value is -2.01. The number of rotatable bonds is 9. The number of nitrogens with one attached hydrogen (secondary N) is 2. The fraction of sp³-hybridized carbons (Fsp3) is 0.609. The van der Waals surface area contributed by atoms with Crippen molar-refractivity contribution < 1.29 is 9.21 Å². The lowest BCUT2D eigenvalue weighted by Gasteiger charge is -2.31. The van der Waals surface area contributed by atoms with E-state index in [2.05, 4.69) is 35.4 Å². The van der Waals surface area contributed by atoms with Gasteiger partial charge in [0.05, 0.1) is 6.26 Å². The lowest BCUT2D eigenvalue weighted by molar-refractivity contribution is 0.213. The predicted molar refractivity (Wildman–Crippen MR) is 116 cm³/mol. The van der Waals surface area contributed by atoms with E-state index in [0.717, 1.165) is 49.1 Å². The molecule has 0 aliphatic carbocycles. The van der Waals surface area contributed by atoms with Crippen molar-refractivity contribution in [3.8, 4) is 0 Å². The van der Waals surface area contributed by atoms with Crippen LogP contribution in [0.25, 0.3) is 11.0 Å². The standard InChI is InChI=1S/C23H35N3O2/c1-3-5-6-7-12-24-23(27)25-19-8-9-22-20(16-19)21(17-28-22)18-10-14-26(13-4-2)15-11-18/h8-9,16-18H,3-7,10-15H2,1-2H3,(H2,24,25,27). The molecule has 1 fully saturated rings. The third kappa shape index (κ3) is 5.51. The van der Waals surface area contributed by atoms with Crippen LogP contribution in [0.3, 0.4) is 0 Å². The van der Waals surface area contributed by atoms with Crippen LogP contribution in [-0.4, -0.2) is 37.1 Å². The number of benzene rings is 1. The summed E-state index contributed by atoms with van der Waals surface area (Å²) in [6.45, 7) is 8.66. The minimum atomic E-state index is -0.131. The van der Waals surface area contributed by atoms with Crippen molar-refractivity contribution >= 4 is 22.7 Å². The van der Waals surface area contributed by atoms with Gasteiger partial charge in [0.25, 0.3) is 0 Å². The molecular weight excluding hydrogens is 350 g/mol. The molecule has 5 heteroatoms. The van der Waals surface area contributed by atoms with Gasteiger partial charge in [-0.25, -0.2) is 4.79 Å². The maximum atomic E-state index is 12.2. The quantitative estimate of drug-likeness (QED) is 0.542. The number of amides is 2. The zero-order valence-electron chi connectivity index (χ0n) is 17.4. The third-order valence-corrected chi connectivity index (χ3v) is 5.74. The summed E-state index contributed by atoms with van der Waals surface area (Å²) in [7, 11) is 0. The molecule has 0 saturated carbocycles. The first-order valence-corrected chi connectivity index (χ1v) is 11.0. The average Bonchev–Trinajstić information content (AvgIpc) is 3.12. The second kappa shape index (κ2) is 10.5. The Morgan fingerprint density at radius 1 is 1.14 bits per heavy atom. The molecule has 1 saturated heterocycles. The molecule has 1 aromatic carbocycles. The number of urea groups is 1. The first kappa shape index (κ1) is 20.7. The number of nitrogens with zero attached hydrogens (tertiary/aromatic N) is 1. The highest BCUT2D eigenvalue weighted by atomic mass is 16.3. The fourth-order valence-corrected chi connectivity index (χ4v) is 4.16. The van der Waals surface area contributed by atoms with Gasteiger partial charge in [-0.05, 0) is 69.4 Å². The molecule has 154 valence electrons. The van der Waals surface area contributed by atoms with Gasteiger partial charge in [-0.2, -0.15) is 0 Å². The van der Waals surface area contributed by atoms with E-state index < -0.39 is 0 Å². The van der Waals surface area contributed by atoms with E-state index in [1.807, 2.05) is 18.4 Å². The number of hydrogen-bond acceptors (Lipinski definition) is 3. The Balaban J connectivity index is 1.59. The van der Waals surface area contributed by atoms with E-state index in [1.165, 1.54) is 44.2 Å². The highest BCUT2D eigenvalue weighted by molar-refractivity contribution is 5.93. The lowest BCUT2D eigenvalue weighted by Crippen LogP contribution is -2.33. The van der Waals surface area contributed by atoms with Gasteiger partial charge in [-0.15, -0.1) is 0 Å². The molecule has 0 atom stereocenters. The SMILES string of the molecule is CCCCCCNC(=O)Nc1ccc2occ(C3CCN(CCC)CC3)c2c1. The number of unbranched alkanes of at least 4 members (excludes halogenated alkanes) is 3. The van der Waals surface area contributed by atoms with Crippen molar-refractivity contribution in [2.75, 3.05) is 31.5 Å². The zero-order valence-corrected chi connectivity index (χ0v) is 17.4. The predicted octanol–water partition coefficient (Wildman–Crippen LogP) is 5.72. The van der Waals surface area contributed by atoms with Crippen molar-refractivity contribution in [2.24, 2.45) is 0 Å². The molecule has 0 spiro atoms. The van der Waals surface area contributed by atoms with E-state index in [4.69, 9.17) is 4.42 Å². The topological polar surface area (TPSA) is 57.5 Å². The van der Waals surface area contributed by atoms with Crippen LogP contribution in [0.5, 0.6) is 0 Å². The lowest BCUT2D eigenvalue weighted by atomic mass is 9.89. The van der Waals surface area contributed by atoms with Crippen LogP contribution in [0.1, 0.15) is 70.3 Å². The van der Waals surface area contributed by atoms with Crippen molar-refractivity contribution in [3.63, 3.8) is 0 Å². The summed E-state index contributed by atoms with van der Waals surface area (Å²) in [5, 5.41) is 7.05. The third-order valence-electron chi connectivity index (χ3n) is 5.74. The van der Waals surface area contributed by atoms with Crippen LogP contribution in [0.2, 0.25) is 0 Å². The molecule has 1 aliphatic rings. The Morgan fingerprint density at radius 3 is 2.71 bits per heavy atom. The molecule has 2 amide bonds. The molecule has 1 aliphatic heterocycles. The minimum Gasteiger partial charge on any atom is -0.464 e. The molecule has 2 heterocycles. The normalized spacial score (nSPS) is 15.8. The van der Waals surface area contributed by atoms with E-state index in [-0.39, 0.29) is 6.03 Å². The first-order valence-electron chi connectivity index (χ1n) is 11.0. The molecule has 28 heavy (non-hydrogen) atoms. The van der Waals surface area contributed by atoms with Gasteiger partial charge in [-0.3, -0.25) is 0 Å². The Bertz CT molecular complexity index is 747. The molecule has 2 N–H and O–H groups in total. The summed E-state index contributed by atoms with van der Waals surface area (Å²) >= 11 is 0. The monoisotopic (exact) mass is 385 g/mol. The summed E-state index contributed by atoms with van der Waals surface area (Å²) < 4.78 is 5.80.